The van der Waals surface area contributed by atoms with Crippen LogP contribution in [0.15, 0.2) is 36.7 Å². The molecule has 1 saturated heterocycles. The lowest BCUT2D eigenvalue weighted by atomic mass is 10.0. The van der Waals surface area contributed by atoms with Gasteiger partial charge in [0.05, 0.1) is 7.11 Å². The molecule has 1 aromatic carbocycles. The molecule has 6 nitrogen and oxygen atoms in total. The quantitative estimate of drug-likeness (QED) is 0.682. The molecule has 8 heteroatoms. The molecular formula is C21H23F2N5O. The first-order chi connectivity index (χ1) is 14.2. The Morgan fingerprint density at radius 1 is 1.24 bits per heavy atom. The Balaban J connectivity index is 1.67. The molecule has 0 saturated carbocycles. The largest absolute Gasteiger partial charge is 0.497 e. The highest BCUT2D eigenvalue weighted by molar-refractivity contribution is 5.99. The number of rotatable bonds is 6. The predicted octanol–water partition coefficient (Wildman–Crippen LogP) is 3.69. The minimum atomic E-state index is -0.424. The fourth-order valence-electron chi connectivity index (χ4n) is 3.81. The number of alkyl halides is 1. The first kappa shape index (κ1) is 19.4. The van der Waals surface area contributed by atoms with Crippen molar-refractivity contribution >= 4 is 16.6 Å². The van der Waals surface area contributed by atoms with Gasteiger partial charge < -0.3 is 10.1 Å². The van der Waals surface area contributed by atoms with E-state index in [1.165, 1.54) is 13.2 Å². The monoisotopic (exact) mass is 399 g/mol. The summed E-state index contributed by atoms with van der Waals surface area (Å²) in [4.78, 5) is 6.32. The molecule has 1 atom stereocenters. The van der Waals surface area contributed by atoms with E-state index in [4.69, 9.17) is 4.74 Å². The van der Waals surface area contributed by atoms with Gasteiger partial charge in [0.1, 0.15) is 23.9 Å². The number of aromatic nitrogens is 3. The van der Waals surface area contributed by atoms with E-state index in [0.29, 0.717) is 29.4 Å². The van der Waals surface area contributed by atoms with Gasteiger partial charge in [0.15, 0.2) is 5.82 Å². The van der Waals surface area contributed by atoms with Gasteiger partial charge in [-0.2, -0.15) is 0 Å². The van der Waals surface area contributed by atoms with Crippen LogP contribution in [-0.4, -0.2) is 59.5 Å². The van der Waals surface area contributed by atoms with Crippen LogP contribution >= 0.6 is 0 Å². The zero-order valence-corrected chi connectivity index (χ0v) is 16.2. The van der Waals surface area contributed by atoms with Crippen molar-refractivity contribution in [2.24, 2.45) is 0 Å². The normalized spacial score (nSPS) is 17.4. The van der Waals surface area contributed by atoms with Crippen LogP contribution in [0.5, 0.6) is 5.75 Å². The second kappa shape index (κ2) is 8.65. The van der Waals surface area contributed by atoms with Crippen LogP contribution in [0.4, 0.5) is 14.6 Å². The van der Waals surface area contributed by atoms with Crippen molar-refractivity contribution < 1.29 is 13.5 Å². The second-order valence-corrected chi connectivity index (χ2v) is 7.14. The van der Waals surface area contributed by atoms with Crippen molar-refractivity contribution in [1.29, 1.82) is 0 Å². The molecule has 0 bridgehead atoms. The van der Waals surface area contributed by atoms with Gasteiger partial charge in [-0.15, -0.1) is 10.2 Å². The summed E-state index contributed by atoms with van der Waals surface area (Å²) < 4.78 is 32.4. The zero-order chi connectivity index (χ0) is 20.2. The third kappa shape index (κ3) is 4.12. The lowest BCUT2D eigenvalue weighted by molar-refractivity contribution is 0.200. The number of pyridine rings is 1. The van der Waals surface area contributed by atoms with Crippen molar-refractivity contribution in [2.45, 2.75) is 18.9 Å². The molecule has 3 aromatic rings. The van der Waals surface area contributed by atoms with Crippen LogP contribution in [0.25, 0.3) is 22.0 Å². The number of hydrogen-bond donors (Lipinski definition) is 1. The third-order valence-corrected chi connectivity index (χ3v) is 5.26. The molecule has 29 heavy (non-hydrogen) atoms. The Bertz CT molecular complexity index is 998. The van der Waals surface area contributed by atoms with E-state index in [0.717, 1.165) is 36.7 Å². The number of anilines is 1. The Hall–Kier alpha value is -2.87. The molecule has 1 aliphatic heterocycles. The molecule has 1 fully saturated rings. The summed E-state index contributed by atoms with van der Waals surface area (Å²) in [5, 5.41) is 13.6. The Morgan fingerprint density at radius 2 is 2.14 bits per heavy atom. The first-order valence-corrected chi connectivity index (χ1v) is 9.68. The van der Waals surface area contributed by atoms with E-state index < -0.39 is 5.82 Å². The SMILES string of the molecule is COc1ccc(-c2nnc(N[C@@H]3CCCN(CCF)C3)c3cnccc23)c(F)c1. The minimum absolute atomic E-state index is 0.150. The fourth-order valence-corrected chi connectivity index (χ4v) is 3.81. The number of nitrogens with zero attached hydrogens (tertiary/aromatic N) is 4. The van der Waals surface area contributed by atoms with Gasteiger partial charge in [-0.05, 0) is 37.6 Å². The van der Waals surface area contributed by atoms with Crippen LogP contribution in [-0.2, 0) is 0 Å². The molecule has 152 valence electrons. The van der Waals surface area contributed by atoms with Crippen molar-refractivity contribution in [2.75, 3.05) is 38.7 Å². The van der Waals surface area contributed by atoms with E-state index in [2.05, 4.69) is 25.4 Å². The number of nitrogens with one attached hydrogen (secondary N) is 1. The molecule has 0 spiro atoms. The molecule has 1 N–H and O–H groups in total. The number of ether oxygens (including phenoxy) is 1. The van der Waals surface area contributed by atoms with Gasteiger partial charge in [-0.1, -0.05) is 0 Å². The van der Waals surface area contributed by atoms with Gasteiger partial charge in [0, 0.05) is 53.9 Å². The molecule has 0 aliphatic carbocycles. The Labute approximate surface area is 167 Å². The second-order valence-electron chi connectivity index (χ2n) is 7.14. The van der Waals surface area contributed by atoms with Crippen molar-refractivity contribution in [3.05, 3.63) is 42.5 Å². The van der Waals surface area contributed by atoms with E-state index >= 15 is 0 Å². The minimum Gasteiger partial charge on any atom is -0.497 e. The van der Waals surface area contributed by atoms with Gasteiger partial charge in [0.2, 0.25) is 0 Å². The smallest absolute Gasteiger partial charge is 0.158 e. The molecule has 0 unspecified atom stereocenters. The summed E-state index contributed by atoms with van der Waals surface area (Å²) in [6.45, 7) is 1.76. The van der Waals surface area contributed by atoms with E-state index in [9.17, 15) is 8.78 Å². The van der Waals surface area contributed by atoms with Gasteiger partial charge in [0.25, 0.3) is 0 Å². The fraction of sp³-hybridized carbons (Fsp3) is 0.381. The van der Waals surface area contributed by atoms with Crippen LogP contribution in [0.3, 0.4) is 0 Å². The number of benzene rings is 1. The lowest BCUT2D eigenvalue weighted by Gasteiger charge is -2.32. The van der Waals surface area contributed by atoms with E-state index in [-0.39, 0.29) is 12.7 Å². The van der Waals surface area contributed by atoms with Crippen molar-refractivity contribution in [3.8, 4) is 17.0 Å². The summed E-state index contributed by atoms with van der Waals surface area (Å²) in [6, 6.07) is 6.63. The Morgan fingerprint density at radius 3 is 2.93 bits per heavy atom. The third-order valence-electron chi connectivity index (χ3n) is 5.26. The van der Waals surface area contributed by atoms with E-state index in [1.54, 1.807) is 24.5 Å². The molecule has 2 aromatic heterocycles. The van der Waals surface area contributed by atoms with Crippen LogP contribution < -0.4 is 10.1 Å². The Kier molecular flexibility index (Phi) is 5.80. The van der Waals surface area contributed by atoms with Crippen LogP contribution in [0.1, 0.15) is 12.8 Å². The summed E-state index contributed by atoms with van der Waals surface area (Å²) >= 11 is 0. The molecule has 0 radical (unpaired) electrons. The zero-order valence-electron chi connectivity index (χ0n) is 16.2. The summed E-state index contributed by atoms with van der Waals surface area (Å²) in [5.41, 5.74) is 0.809. The van der Waals surface area contributed by atoms with Gasteiger partial charge in [-0.3, -0.25) is 9.88 Å². The summed E-state index contributed by atoms with van der Waals surface area (Å²) in [6.07, 6.45) is 5.33. The predicted molar refractivity (Wildman–Crippen MR) is 108 cm³/mol. The number of halogens is 2. The summed E-state index contributed by atoms with van der Waals surface area (Å²) in [7, 11) is 1.50. The first-order valence-electron chi connectivity index (χ1n) is 9.68. The maximum atomic E-state index is 14.6. The van der Waals surface area contributed by atoms with Crippen molar-refractivity contribution in [3.63, 3.8) is 0 Å². The average Bonchev–Trinajstić information content (AvgIpc) is 2.75. The maximum absolute atomic E-state index is 14.6. The molecule has 4 rings (SSSR count). The van der Waals surface area contributed by atoms with Gasteiger partial charge >= 0.3 is 0 Å². The number of hydrogen-bond acceptors (Lipinski definition) is 6. The maximum Gasteiger partial charge on any atom is 0.158 e. The van der Waals surface area contributed by atoms with E-state index in [1.807, 2.05) is 6.07 Å². The molecular weight excluding hydrogens is 376 g/mol. The molecule has 0 amide bonds. The lowest BCUT2D eigenvalue weighted by Crippen LogP contribution is -2.43. The number of fused-ring (bicyclic) bond motifs is 1. The number of piperidine rings is 1. The number of likely N-dealkylation sites (tertiary alicyclic amines) is 1. The van der Waals surface area contributed by atoms with Crippen molar-refractivity contribution in [1.82, 2.24) is 20.1 Å². The molecule has 1 aliphatic rings. The summed E-state index contributed by atoms with van der Waals surface area (Å²) in [5.74, 6) is 0.628. The topological polar surface area (TPSA) is 63.2 Å². The van der Waals surface area contributed by atoms with Gasteiger partial charge in [-0.25, -0.2) is 8.78 Å². The average molecular weight is 399 g/mol. The number of methoxy groups -OCH3 is 1. The highest BCUT2D eigenvalue weighted by Crippen LogP contribution is 2.32. The highest BCUT2D eigenvalue weighted by Gasteiger charge is 2.22. The van der Waals surface area contributed by atoms with Crippen LogP contribution in [0, 0.1) is 5.82 Å². The molecule has 3 heterocycles. The standard InChI is InChI=1S/C21H23F2N5O/c1-29-15-4-5-17(19(23)11-15)20-16-6-8-24-12-18(16)21(27-26-20)25-14-3-2-9-28(13-14)10-7-22/h4-6,8,11-12,14H,2-3,7,9-10,13H2,1H3,(H,25,27)/t14-/m1/s1. The highest BCUT2D eigenvalue weighted by atomic mass is 19.1. The van der Waals surface area contributed by atoms with Crippen LogP contribution in [0.2, 0.25) is 0 Å².